The second-order valence-corrected chi connectivity index (χ2v) is 10.2. The summed E-state index contributed by atoms with van der Waals surface area (Å²) in [6.07, 6.45) is 0.796. The lowest BCUT2D eigenvalue weighted by Crippen LogP contribution is -2.32. The van der Waals surface area contributed by atoms with Crippen molar-refractivity contribution in [3.8, 4) is 0 Å². The molecule has 1 N–H and O–H groups in total. The number of hydrogen-bond donors (Lipinski definition) is 1. The van der Waals surface area contributed by atoms with Crippen molar-refractivity contribution < 1.29 is 0 Å². The normalized spacial score (nSPS) is 12.3. The molecule has 7 nitrogen and oxygen atoms in total. The monoisotopic (exact) mass is 506 g/mol. The highest BCUT2D eigenvalue weighted by Gasteiger charge is 2.26. The first-order valence-corrected chi connectivity index (χ1v) is 13.1. The van der Waals surface area contributed by atoms with Crippen LogP contribution in [0.1, 0.15) is 58.6 Å². The summed E-state index contributed by atoms with van der Waals surface area (Å²) in [5.41, 5.74) is 7.37. The standard InChI is InChI=1S/C31H34N6O/c1-5-29(30-33-34-35-37(30)19-24-9-7-6-8-10-24)36(18-25-13-11-21(2)12-14-25)20-26-17-27-23(4)15-22(3)16-28(27)32-31(26)38/h6-17,29H,5,18-20H2,1-4H3,(H,32,38)/t29-/m0/s1. The van der Waals surface area contributed by atoms with Crippen LogP contribution in [0.4, 0.5) is 0 Å². The third-order valence-electron chi connectivity index (χ3n) is 7.13. The van der Waals surface area contributed by atoms with Crippen molar-refractivity contribution in [2.75, 3.05) is 0 Å². The van der Waals surface area contributed by atoms with Crippen molar-refractivity contribution in [2.45, 2.75) is 59.8 Å². The van der Waals surface area contributed by atoms with Gasteiger partial charge in [0, 0.05) is 29.6 Å². The maximum atomic E-state index is 13.3. The number of benzene rings is 3. The highest BCUT2D eigenvalue weighted by molar-refractivity contribution is 5.83. The summed E-state index contributed by atoms with van der Waals surface area (Å²) < 4.78 is 1.88. The summed E-state index contributed by atoms with van der Waals surface area (Å²) in [5.74, 6) is 0.799. The second kappa shape index (κ2) is 11.1. The highest BCUT2D eigenvalue weighted by Crippen LogP contribution is 2.27. The van der Waals surface area contributed by atoms with Gasteiger partial charge in [0.1, 0.15) is 0 Å². The average Bonchev–Trinajstić information content (AvgIpc) is 3.34. The van der Waals surface area contributed by atoms with Crippen molar-refractivity contribution >= 4 is 10.9 Å². The van der Waals surface area contributed by atoms with Gasteiger partial charge in [0.25, 0.3) is 5.56 Å². The van der Waals surface area contributed by atoms with E-state index in [1.54, 1.807) is 0 Å². The predicted octanol–water partition coefficient (Wildman–Crippen LogP) is 5.64. The largest absolute Gasteiger partial charge is 0.322 e. The fraction of sp³-hybridized carbons (Fsp3) is 0.290. The summed E-state index contributed by atoms with van der Waals surface area (Å²) in [7, 11) is 0. The summed E-state index contributed by atoms with van der Waals surface area (Å²) in [4.78, 5) is 18.7. The smallest absolute Gasteiger partial charge is 0.252 e. The van der Waals surface area contributed by atoms with Crippen LogP contribution in [0, 0.1) is 20.8 Å². The maximum Gasteiger partial charge on any atom is 0.252 e. The molecule has 194 valence electrons. The molecule has 0 unspecified atom stereocenters. The Kier molecular flexibility index (Phi) is 7.47. The van der Waals surface area contributed by atoms with Gasteiger partial charge in [-0.3, -0.25) is 9.69 Å². The molecule has 0 aliphatic carbocycles. The van der Waals surface area contributed by atoms with Gasteiger partial charge in [-0.15, -0.1) is 5.10 Å². The van der Waals surface area contributed by atoms with Gasteiger partial charge in [0.15, 0.2) is 5.82 Å². The maximum absolute atomic E-state index is 13.3. The number of aromatic nitrogens is 5. The third kappa shape index (κ3) is 5.58. The first kappa shape index (κ1) is 25.5. The van der Waals surface area contributed by atoms with Gasteiger partial charge in [0.05, 0.1) is 12.6 Å². The summed E-state index contributed by atoms with van der Waals surface area (Å²) >= 11 is 0. The third-order valence-corrected chi connectivity index (χ3v) is 7.13. The molecule has 2 heterocycles. The fourth-order valence-electron chi connectivity index (χ4n) is 5.18. The van der Waals surface area contributed by atoms with Crippen LogP contribution in [0.2, 0.25) is 0 Å². The van der Waals surface area contributed by atoms with E-state index in [1.165, 1.54) is 11.1 Å². The molecule has 7 heteroatoms. The Morgan fingerprint density at radius 1 is 0.895 bits per heavy atom. The number of hydrogen-bond acceptors (Lipinski definition) is 5. The van der Waals surface area contributed by atoms with Crippen LogP contribution >= 0.6 is 0 Å². The zero-order chi connectivity index (χ0) is 26.6. The Morgan fingerprint density at radius 2 is 1.66 bits per heavy atom. The molecule has 0 spiro atoms. The topological polar surface area (TPSA) is 79.7 Å². The zero-order valence-electron chi connectivity index (χ0n) is 22.5. The number of tetrazole rings is 1. The van der Waals surface area contributed by atoms with Crippen LogP contribution in [0.15, 0.2) is 77.6 Å². The molecular formula is C31H34N6O. The lowest BCUT2D eigenvalue weighted by Gasteiger charge is -2.30. The number of nitrogens with one attached hydrogen (secondary N) is 1. The zero-order valence-corrected chi connectivity index (χ0v) is 22.5. The second-order valence-electron chi connectivity index (χ2n) is 10.2. The molecule has 5 rings (SSSR count). The lowest BCUT2D eigenvalue weighted by molar-refractivity contribution is 0.161. The summed E-state index contributed by atoms with van der Waals surface area (Å²) in [6, 6.07) is 24.9. The molecule has 0 amide bonds. The Bertz CT molecular complexity index is 1590. The number of pyridine rings is 1. The van der Waals surface area contributed by atoms with Gasteiger partial charge in [-0.05, 0) is 72.0 Å². The van der Waals surface area contributed by atoms with E-state index < -0.39 is 0 Å². The first-order chi connectivity index (χ1) is 18.4. The van der Waals surface area contributed by atoms with Gasteiger partial charge in [0.2, 0.25) is 0 Å². The van der Waals surface area contributed by atoms with Gasteiger partial charge < -0.3 is 4.98 Å². The van der Waals surface area contributed by atoms with Crippen molar-refractivity contribution in [1.82, 2.24) is 30.1 Å². The van der Waals surface area contributed by atoms with E-state index >= 15 is 0 Å². The van der Waals surface area contributed by atoms with E-state index in [0.29, 0.717) is 19.6 Å². The molecule has 0 aliphatic rings. The summed E-state index contributed by atoms with van der Waals surface area (Å²) in [5, 5.41) is 13.9. The molecule has 2 aromatic heterocycles. The van der Waals surface area contributed by atoms with Crippen molar-refractivity contribution in [3.63, 3.8) is 0 Å². The van der Waals surface area contributed by atoms with Crippen LogP contribution in [0.3, 0.4) is 0 Å². The van der Waals surface area contributed by atoms with Gasteiger partial charge in [-0.1, -0.05) is 73.2 Å². The Hall–Kier alpha value is -4.10. The van der Waals surface area contributed by atoms with Crippen LogP contribution in [0.25, 0.3) is 10.9 Å². The number of aryl methyl sites for hydroxylation is 3. The van der Waals surface area contributed by atoms with E-state index in [0.717, 1.165) is 45.4 Å². The van der Waals surface area contributed by atoms with Crippen molar-refractivity contribution in [2.24, 2.45) is 0 Å². The quantitative estimate of drug-likeness (QED) is 0.280. The van der Waals surface area contributed by atoms with Crippen LogP contribution in [0.5, 0.6) is 0 Å². The SMILES string of the molecule is CC[C@@H](c1nnnn1Cc1ccccc1)N(Cc1ccc(C)cc1)Cc1cc2c(C)cc(C)cc2[nH]c1=O. The Morgan fingerprint density at radius 3 is 2.39 bits per heavy atom. The Balaban J connectivity index is 1.54. The number of aromatic amines is 1. The molecule has 5 aromatic rings. The molecule has 0 saturated carbocycles. The van der Waals surface area contributed by atoms with E-state index in [1.807, 2.05) is 41.9 Å². The molecule has 3 aromatic carbocycles. The summed E-state index contributed by atoms with van der Waals surface area (Å²) in [6.45, 7) is 10.1. The first-order valence-electron chi connectivity index (χ1n) is 13.1. The van der Waals surface area contributed by atoms with E-state index in [-0.39, 0.29) is 11.6 Å². The number of fused-ring (bicyclic) bond motifs is 1. The molecule has 1 atom stereocenters. The van der Waals surface area contributed by atoms with E-state index in [4.69, 9.17) is 0 Å². The molecule has 38 heavy (non-hydrogen) atoms. The van der Waals surface area contributed by atoms with Crippen molar-refractivity contribution in [3.05, 3.63) is 122 Å². The number of H-pyrrole nitrogens is 1. The molecular weight excluding hydrogens is 472 g/mol. The predicted molar refractivity (Wildman–Crippen MR) is 151 cm³/mol. The Labute approximate surface area is 223 Å². The number of nitrogens with zero attached hydrogens (tertiary/aromatic N) is 5. The minimum Gasteiger partial charge on any atom is -0.322 e. The number of rotatable bonds is 9. The molecule has 0 bridgehead atoms. The van der Waals surface area contributed by atoms with E-state index in [2.05, 4.69) is 88.6 Å². The minimum atomic E-state index is -0.0794. The average molecular weight is 507 g/mol. The van der Waals surface area contributed by atoms with Gasteiger partial charge in [-0.25, -0.2) is 4.68 Å². The van der Waals surface area contributed by atoms with E-state index in [9.17, 15) is 4.79 Å². The molecule has 0 saturated heterocycles. The van der Waals surface area contributed by atoms with Gasteiger partial charge in [-0.2, -0.15) is 0 Å². The molecule has 0 fully saturated rings. The van der Waals surface area contributed by atoms with Crippen LogP contribution in [-0.2, 0) is 19.6 Å². The fourth-order valence-corrected chi connectivity index (χ4v) is 5.18. The van der Waals surface area contributed by atoms with Crippen LogP contribution < -0.4 is 5.56 Å². The molecule has 0 radical (unpaired) electrons. The van der Waals surface area contributed by atoms with Crippen molar-refractivity contribution in [1.29, 1.82) is 0 Å². The lowest BCUT2D eigenvalue weighted by atomic mass is 10.0. The van der Waals surface area contributed by atoms with Gasteiger partial charge >= 0.3 is 0 Å². The highest BCUT2D eigenvalue weighted by atomic mass is 16.1. The van der Waals surface area contributed by atoms with Crippen LogP contribution in [-0.4, -0.2) is 30.1 Å². The minimum absolute atomic E-state index is 0.0601. The molecule has 0 aliphatic heterocycles.